The zero-order valence-corrected chi connectivity index (χ0v) is 14.1. The predicted molar refractivity (Wildman–Crippen MR) is 95.2 cm³/mol. The number of nitrogens with one attached hydrogen (secondary N) is 3. The van der Waals surface area contributed by atoms with Crippen LogP contribution in [0.1, 0.15) is 32.0 Å². The van der Waals surface area contributed by atoms with Gasteiger partial charge in [0, 0.05) is 27.6 Å². The van der Waals surface area contributed by atoms with Gasteiger partial charge in [-0.05, 0) is 19.1 Å². The van der Waals surface area contributed by atoms with Gasteiger partial charge in [-0.25, -0.2) is 0 Å². The van der Waals surface area contributed by atoms with Gasteiger partial charge in [0.2, 0.25) is 5.91 Å². The molecule has 3 N–H and O–H groups in total. The molecule has 0 radical (unpaired) electrons. The minimum Gasteiger partial charge on any atom is -0.357 e. The average molecular weight is 323 g/mol. The van der Waals surface area contributed by atoms with E-state index >= 15 is 0 Å². The first-order valence-corrected chi connectivity index (χ1v) is 7.91. The number of fused-ring (bicyclic) bond motifs is 1. The van der Waals surface area contributed by atoms with Crippen molar-refractivity contribution in [3.8, 4) is 0 Å². The highest BCUT2D eigenvalue weighted by molar-refractivity contribution is 6.08. The summed E-state index contributed by atoms with van der Waals surface area (Å²) in [5.74, 6) is -0.500. The van der Waals surface area contributed by atoms with Gasteiger partial charge < -0.3 is 15.6 Å². The lowest BCUT2D eigenvalue weighted by molar-refractivity contribution is -0.130. The SMILES string of the molecule is C=CC(C)(C)c1[nH]c2ccccc2c1C=C1NC(=O)C(C)NC1=O. The lowest BCUT2D eigenvalue weighted by atomic mass is 9.86. The van der Waals surface area contributed by atoms with Gasteiger partial charge in [-0.1, -0.05) is 38.1 Å². The van der Waals surface area contributed by atoms with E-state index in [1.54, 1.807) is 13.0 Å². The summed E-state index contributed by atoms with van der Waals surface area (Å²) in [6.45, 7) is 9.67. The number of benzene rings is 1. The molecule has 0 aliphatic carbocycles. The molecule has 0 saturated carbocycles. The van der Waals surface area contributed by atoms with E-state index in [9.17, 15) is 9.59 Å². The van der Waals surface area contributed by atoms with Crippen molar-refractivity contribution in [2.45, 2.75) is 32.2 Å². The zero-order valence-electron chi connectivity index (χ0n) is 14.1. The summed E-state index contributed by atoms with van der Waals surface area (Å²) < 4.78 is 0. The van der Waals surface area contributed by atoms with Crippen LogP contribution < -0.4 is 10.6 Å². The Balaban J connectivity index is 2.20. The van der Waals surface area contributed by atoms with Crippen molar-refractivity contribution in [3.63, 3.8) is 0 Å². The maximum absolute atomic E-state index is 12.2. The van der Waals surface area contributed by atoms with Crippen LogP contribution in [0.4, 0.5) is 0 Å². The van der Waals surface area contributed by atoms with Gasteiger partial charge in [0.05, 0.1) is 0 Å². The molecule has 124 valence electrons. The normalized spacial score (nSPS) is 20.1. The van der Waals surface area contributed by atoms with E-state index in [1.165, 1.54) is 0 Å². The Bertz CT molecular complexity index is 874. The molecule has 2 aromatic rings. The quantitative estimate of drug-likeness (QED) is 0.600. The number of H-pyrrole nitrogens is 1. The number of rotatable bonds is 3. The molecular formula is C19H21N3O2. The van der Waals surface area contributed by atoms with E-state index in [0.29, 0.717) is 0 Å². The molecule has 5 nitrogen and oxygen atoms in total. The number of hydrogen-bond donors (Lipinski definition) is 3. The van der Waals surface area contributed by atoms with Gasteiger partial charge >= 0.3 is 0 Å². The van der Waals surface area contributed by atoms with Crippen LogP contribution in [0.2, 0.25) is 0 Å². The van der Waals surface area contributed by atoms with Crippen LogP contribution in [0.25, 0.3) is 17.0 Å². The Morgan fingerprint density at radius 2 is 1.92 bits per heavy atom. The lowest BCUT2D eigenvalue weighted by Gasteiger charge is -2.23. The van der Waals surface area contributed by atoms with Crippen LogP contribution in [0.15, 0.2) is 42.6 Å². The van der Waals surface area contributed by atoms with E-state index < -0.39 is 6.04 Å². The number of amides is 2. The van der Waals surface area contributed by atoms with Gasteiger partial charge in [-0.15, -0.1) is 6.58 Å². The van der Waals surface area contributed by atoms with Crippen LogP contribution in [0.3, 0.4) is 0 Å². The van der Waals surface area contributed by atoms with Gasteiger partial charge in [0.15, 0.2) is 0 Å². The van der Waals surface area contributed by atoms with Gasteiger partial charge in [0.1, 0.15) is 11.7 Å². The van der Waals surface area contributed by atoms with Gasteiger partial charge in [-0.3, -0.25) is 9.59 Å². The number of aromatic amines is 1. The molecule has 24 heavy (non-hydrogen) atoms. The summed E-state index contributed by atoms with van der Waals surface area (Å²) in [6.07, 6.45) is 3.60. The summed E-state index contributed by atoms with van der Waals surface area (Å²) in [4.78, 5) is 27.5. The lowest BCUT2D eigenvalue weighted by Crippen LogP contribution is -2.53. The van der Waals surface area contributed by atoms with E-state index in [4.69, 9.17) is 0 Å². The summed E-state index contributed by atoms with van der Waals surface area (Å²) in [6, 6.07) is 7.36. The van der Waals surface area contributed by atoms with E-state index in [2.05, 4.69) is 22.2 Å². The second-order valence-corrected chi connectivity index (χ2v) is 6.63. The van der Waals surface area contributed by atoms with Crippen molar-refractivity contribution >= 4 is 28.8 Å². The number of carbonyl (C=O) groups is 2. The Hall–Kier alpha value is -2.82. The molecule has 5 heteroatoms. The minimum atomic E-state index is -0.526. The zero-order chi connectivity index (χ0) is 17.5. The molecule has 1 fully saturated rings. The fourth-order valence-electron chi connectivity index (χ4n) is 2.81. The number of para-hydroxylation sites is 1. The van der Waals surface area contributed by atoms with Crippen molar-refractivity contribution < 1.29 is 9.59 Å². The maximum Gasteiger partial charge on any atom is 0.268 e. The molecule has 3 rings (SSSR count). The van der Waals surface area contributed by atoms with Gasteiger partial charge in [0.25, 0.3) is 5.91 Å². The van der Waals surface area contributed by atoms with Crippen molar-refractivity contribution in [1.82, 2.24) is 15.6 Å². The summed E-state index contributed by atoms with van der Waals surface area (Å²) in [5, 5.41) is 6.34. The first-order chi connectivity index (χ1) is 11.3. The Morgan fingerprint density at radius 1 is 1.21 bits per heavy atom. The smallest absolute Gasteiger partial charge is 0.268 e. The molecule has 1 saturated heterocycles. The van der Waals surface area contributed by atoms with Crippen molar-refractivity contribution in [1.29, 1.82) is 0 Å². The standard InChI is InChI=1S/C19H21N3O2/c1-5-19(3,4)16-13(12-8-6-7-9-14(12)21-16)10-15-18(24)20-11(2)17(23)22-15/h5-11,21H,1H2,2-4H3,(H,20,24)(H,22,23). The maximum atomic E-state index is 12.2. The highest BCUT2D eigenvalue weighted by atomic mass is 16.2. The molecule has 2 amide bonds. The summed E-state index contributed by atoms with van der Waals surface area (Å²) in [5.41, 5.74) is 2.75. The summed E-state index contributed by atoms with van der Waals surface area (Å²) >= 11 is 0. The molecule has 1 aliphatic rings. The van der Waals surface area contributed by atoms with Gasteiger partial charge in [-0.2, -0.15) is 0 Å². The average Bonchev–Trinajstić information content (AvgIpc) is 2.92. The topological polar surface area (TPSA) is 74.0 Å². The molecule has 1 unspecified atom stereocenters. The second kappa shape index (κ2) is 5.67. The number of carbonyl (C=O) groups excluding carboxylic acids is 2. The van der Waals surface area contributed by atoms with Crippen molar-refractivity contribution in [2.75, 3.05) is 0 Å². The van der Waals surface area contributed by atoms with Crippen LogP contribution >= 0.6 is 0 Å². The molecule has 1 atom stereocenters. The first kappa shape index (κ1) is 16.1. The Kier molecular flexibility index (Phi) is 3.79. The van der Waals surface area contributed by atoms with E-state index in [-0.39, 0.29) is 22.9 Å². The second-order valence-electron chi connectivity index (χ2n) is 6.63. The van der Waals surface area contributed by atoms with Crippen molar-refractivity contribution in [3.05, 3.63) is 53.9 Å². The van der Waals surface area contributed by atoms with Crippen LogP contribution in [0, 0.1) is 0 Å². The fourth-order valence-corrected chi connectivity index (χ4v) is 2.81. The Morgan fingerprint density at radius 3 is 2.62 bits per heavy atom. The third-order valence-electron chi connectivity index (χ3n) is 4.43. The van der Waals surface area contributed by atoms with Crippen LogP contribution in [-0.4, -0.2) is 22.8 Å². The number of allylic oxidation sites excluding steroid dienone is 1. The summed E-state index contributed by atoms with van der Waals surface area (Å²) in [7, 11) is 0. The van der Waals surface area contributed by atoms with E-state index in [1.807, 2.05) is 44.2 Å². The highest BCUT2D eigenvalue weighted by Gasteiger charge is 2.28. The monoisotopic (exact) mass is 323 g/mol. The molecular weight excluding hydrogens is 302 g/mol. The molecule has 1 aromatic heterocycles. The van der Waals surface area contributed by atoms with E-state index in [0.717, 1.165) is 22.2 Å². The predicted octanol–water partition coefficient (Wildman–Crippen LogP) is 2.61. The molecule has 0 bridgehead atoms. The van der Waals surface area contributed by atoms with Crippen LogP contribution in [-0.2, 0) is 15.0 Å². The molecule has 0 spiro atoms. The third kappa shape index (κ3) is 2.62. The first-order valence-electron chi connectivity index (χ1n) is 7.91. The largest absolute Gasteiger partial charge is 0.357 e. The molecule has 1 aromatic carbocycles. The minimum absolute atomic E-state index is 0.217. The van der Waals surface area contributed by atoms with Crippen molar-refractivity contribution in [2.24, 2.45) is 0 Å². The molecule has 1 aliphatic heterocycles. The number of hydrogen-bond acceptors (Lipinski definition) is 2. The molecule has 2 heterocycles. The fraction of sp³-hybridized carbons (Fsp3) is 0.263. The third-order valence-corrected chi connectivity index (χ3v) is 4.43. The van der Waals surface area contributed by atoms with Crippen LogP contribution in [0.5, 0.6) is 0 Å². The Labute approximate surface area is 140 Å². The number of aromatic nitrogens is 1. The number of piperazine rings is 1. The highest BCUT2D eigenvalue weighted by Crippen LogP contribution is 2.33.